The number of hydrogen-bond donors (Lipinski definition) is 1. The third-order valence-electron chi connectivity index (χ3n) is 6.22. The van der Waals surface area contributed by atoms with E-state index in [1.807, 2.05) is 0 Å². The molecule has 7 nitrogen and oxygen atoms in total. The van der Waals surface area contributed by atoms with Crippen LogP contribution in [0.4, 0.5) is 5.69 Å². The number of hydrogen-bond acceptors (Lipinski definition) is 4. The van der Waals surface area contributed by atoms with Crippen molar-refractivity contribution in [3.05, 3.63) is 23.8 Å². The van der Waals surface area contributed by atoms with Gasteiger partial charge in [-0.05, 0) is 36.6 Å². The van der Waals surface area contributed by atoms with Gasteiger partial charge in [0.25, 0.3) is 0 Å². The van der Waals surface area contributed by atoms with Crippen molar-refractivity contribution in [1.82, 2.24) is 9.62 Å². The summed E-state index contributed by atoms with van der Waals surface area (Å²) in [6.45, 7) is 5.84. The molecule has 1 heterocycles. The van der Waals surface area contributed by atoms with E-state index in [9.17, 15) is 18.0 Å². The molecule has 1 aliphatic heterocycles. The van der Waals surface area contributed by atoms with Gasteiger partial charge < -0.3 is 5.32 Å². The van der Waals surface area contributed by atoms with E-state index in [0.29, 0.717) is 25.2 Å². The summed E-state index contributed by atoms with van der Waals surface area (Å²) in [5, 5.41) is 3.14. The van der Waals surface area contributed by atoms with Gasteiger partial charge in [-0.1, -0.05) is 39.5 Å². The maximum atomic E-state index is 13.1. The van der Waals surface area contributed by atoms with Crippen molar-refractivity contribution in [2.75, 3.05) is 18.0 Å². The number of benzene rings is 1. The van der Waals surface area contributed by atoms with Gasteiger partial charge in [0, 0.05) is 38.2 Å². The summed E-state index contributed by atoms with van der Waals surface area (Å²) < 4.78 is 27.2. The van der Waals surface area contributed by atoms with Crippen LogP contribution in [0.1, 0.15) is 64.9 Å². The molecule has 166 valence electrons. The second-order valence-corrected chi connectivity index (χ2v) is 10.1. The number of nitrogens with one attached hydrogen (secondary N) is 1. The Kier molecular flexibility index (Phi) is 7.18. The van der Waals surface area contributed by atoms with E-state index >= 15 is 0 Å². The Labute approximate surface area is 179 Å². The van der Waals surface area contributed by atoms with Crippen LogP contribution in [0.3, 0.4) is 0 Å². The molecule has 0 radical (unpaired) electrons. The molecule has 1 fully saturated rings. The molecular weight excluding hydrogens is 402 g/mol. The lowest BCUT2D eigenvalue weighted by molar-refractivity contribution is -0.126. The molecule has 2 aliphatic rings. The van der Waals surface area contributed by atoms with Crippen molar-refractivity contribution in [2.45, 2.75) is 82.7 Å². The fraction of sp³-hybridized carbons (Fsp3) is 0.636. The lowest BCUT2D eigenvalue weighted by atomic mass is 10.1. The number of sulfonamides is 1. The fourth-order valence-corrected chi connectivity index (χ4v) is 6.13. The highest BCUT2D eigenvalue weighted by atomic mass is 32.2. The zero-order chi connectivity index (χ0) is 21.9. The second-order valence-electron chi connectivity index (χ2n) is 8.19. The lowest BCUT2D eigenvalue weighted by Crippen LogP contribution is -2.50. The fourth-order valence-electron chi connectivity index (χ4n) is 4.62. The Hall–Kier alpha value is -1.93. The van der Waals surface area contributed by atoms with E-state index < -0.39 is 16.1 Å². The van der Waals surface area contributed by atoms with Gasteiger partial charge in [0.15, 0.2) is 0 Å². The highest BCUT2D eigenvalue weighted by molar-refractivity contribution is 7.89. The van der Waals surface area contributed by atoms with Gasteiger partial charge >= 0.3 is 0 Å². The Morgan fingerprint density at radius 1 is 1.10 bits per heavy atom. The molecule has 1 atom stereocenters. The van der Waals surface area contributed by atoms with Gasteiger partial charge in [-0.2, -0.15) is 4.31 Å². The maximum Gasteiger partial charge on any atom is 0.243 e. The minimum Gasteiger partial charge on any atom is -0.352 e. The predicted octanol–water partition coefficient (Wildman–Crippen LogP) is 2.83. The average molecular weight is 436 g/mol. The summed E-state index contributed by atoms with van der Waals surface area (Å²) in [6.07, 6.45) is 6.89. The predicted molar refractivity (Wildman–Crippen MR) is 117 cm³/mol. The third-order valence-corrected chi connectivity index (χ3v) is 8.27. The van der Waals surface area contributed by atoms with Crippen molar-refractivity contribution < 1.29 is 18.0 Å². The van der Waals surface area contributed by atoms with Crippen LogP contribution in [0.5, 0.6) is 0 Å². The second kappa shape index (κ2) is 9.47. The first-order valence-corrected chi connectivity index (χ1v) is 12.5. The van der Waals surface area contributed by atoms with Crippen LogP contribution in [0.15, 0.2) is 23.1 Å². The number of anilines is 1. The number of carbonyl (C=O) groups excluding carboxylic acids is 2. The van der Waals surface area contributed by atoms with E-state index in [4.69, 9.17) is 0 Å². The zero-order valence-corrected chi connectivity index (χ0v) is 19.0. The summed E-state index contributed by atoms with van der Waals surface area (Å²) in [4.78, 5) is 27.1. The van der Waals surface area contributed by atoms with E-state index in [1.165, 1.54) is 35.0 Å². The molecule has 1 saturated carbocycles. The molecule has 30 heavy (non-hydrogen) atoms. The molecule has 1 N–H and O–H groups in total. The van der Waals surface area contributed by atoms with E-state index in [0.717, 1.165) is 31.2 Å². The average Bonchev–Trinajstić information content (AvgIpc) is 2.91. The highest BCUT2D eigenvalue weighted by Gasteiger charge is 2.38. The smallest absolute Gasteiger partial charge is 0.243 e. The minimum atomic E-state index is -3.60. The molecule has 0 spiro atoms. The number of rotatable bonds is 6. The van der Waals surface area contributed by atoms with Crippen LogP contribution in [0.2, 0.25) is 0 Å². The van der Waals surface area contributed by atoms with Crippen LogP contribution < -0.4 is 10.2 Å². The van der Waals surface area contributed by atoms with Crippen molar-refractivity contribution in [3.8, 4) is 0 Å². The standard InChI is InChI=1S/C22H33N3O4S/c1-4-24(5-2)30(28,29)19-12-13-20-17(14-19)15-21(25(20)16(3)26)22(27)23-18-10-8-6-7-9-11-18/h12-14,18,21H,4-11,15H2,1-3H3,(H,23,27)/t21-/m1/s1. The minimum absolute atomic E-state index is 0.149. The Morgan fingerprint density at radius 2 is 1.73 bits per heavy atom. The summed E-state index contributed by atoms with van der Waals surface area (Å²) in [7, 11) is -3.60. The van der Waals surface area contributed by atoms with Gasteiger partial charge in [0.2, 0.25) is 21.8 Å². The Balaban J connectivity index is 1.85. The van der Waals surface area contributed by atoms with Gasteiger partial charge in [-0.15, -0.1) is 0 Å². The Bertz CT molecular complexity index is 888. The molecule has 2 amide bonds. The number of carbonyl (C=O) groups is 2. The first-order valence-electron chi connectivity index (χ1n) is 11.0. The number of nitrogens with zero attached hydrogens (tertiary/aromatic N) is 2. The van der Waals surface area contributed by atoms with Gasteiger partial charge in [-0.3, -0.25) is 14.5 Å². The van der Waals surface area contributed by atoms with Crippen molar-refractivity contribution in [1.29, 1.82) is 0 Å². The molecule has 3 rings (SSSR count). The number of fused-ring (bicyclic) bond motifs is 1. The molecule has 1 aliphatic carbocycles. The summed E-state index contributed by atoms with van der Waals surface area (Å²) in [5.41, 5.74) is 1.35. The maximum absolute atomic E-state index is 13.1. The van der Waals surface area contributed by atoms with Gasteiger partial charge in [0.1, 0.15) is 6.04 Å². The SMILES string of the molecule is CCN(CC)S(=O)(=O)c1ccc2c(c1)C[C@H](C(=O)NC1CCCCCC1)N2C(C)=O. The van der Waals surface area contributed by atoms with E-state index in [-0.39, 0.29) is 22.8 Å². The molecule has 0 unspecified atom stereocenters. The number of amides is 2. The lowest BCUT2D eigenvalue weighted by Gasteiger charge is -2.26. The van der Waals surface area contributed by atoms with E-state index in [1.54, 1.807) is 26.0 Å². The van der Waals surface area contributed by atoms with Crippen LogP contribution >= 0.6 is 0 Å². The van der Waals surface area contributed by atoms with Crippen LogP contribution in [-0.4, -0.2) is 49.7 Å². The first kappa shape index (κ1) is 22.7. The molecular formula is C22H33N3O4S. The zero-order valence-electron chi connectivity index (χ0n) is 18.2. The van der Waals surface area contributed by atoms with Crippen molar-refractivity contribution in [3.63, 3.8) is 0 Å². The normalized spacial score (nSPS) is 20.1. The van der Waals surface area contributed by atoms with Crippen molar-refractivity contribution in [2.24, 2.45) is 0 Å². The quantitative estimate of drug-likeness (QED) is 0.696. The molecule has 1 aromatic carbocycles. The summed E-state index contributed by atoms with van der Waals surface area (Å²) >= 11 is 0. The molecule has 0 saturated heterocycles. The molecule has 0 aromatic heterocycles. The third kappa shape index (κ3) is 4.54. The summed E-state index contributed by atoms with van der Waals surface area (Å²) in [6, 6.07) is 4.33. The molecule has 8 heteroatoms. The summed E-state index contributed by atoms with van der Waals surface area (Å²) in [5.74, 6) is -0.365. The van der Waals surface area contributed by atoms with Crippen molar-refractivity contribution >= 4 is 27.5 Å². The van der Waals surface area contributed by atoms with Crippen LogP contribution in [0.25, 0.3) is 0 Å². The Morgan fingerprint density at radius 3 is 2.30 bits per heavy atom. The highest BCUT2D eigenvalue weighted by Crippen LogP contribution is 2.35. The monoisotopic (exact) mass is 435 g/mol. The first-order chi connectivity index (χ1) is 14.3. The van der Waals surface area contributed by atoms with Crippen LogP contribution in [0, 0.1) is 0 Å². The largest absolute Gasteiger partial charge is 0.352 e. The molecule has 0 bridgehead atoms. The van der Waals surface area contributed by atoms with Gasteiger partial charge in [0.05, 0.1) is 4.90 Å². The van der Waals surface area contributed by atoms with Crippen LogP contribution in [-0.2, 0) is 26.0 Å². The van der Waals surface area contributed by atoms with Gasteiger partial charge in [-0.25, -0.2) is 8.42 Å². The molecule has 1 aromatic rings. The topological polar surface area (TPSA) is 86.8 Å². The van der Waals surface area contributed by atoms with E-state index in [2.05, 4.69) is 5.32 Å².